The number of hydrogen-bond acceptors (Lipinski definition) is 12. The first-order chi connectivity index (χ1) is 29.0. The predicted molar refractivity (Wildman–Crippen MR) is 220 cm³/mol. The molecule has 1 unspecified atom stereocenters. The van der Waals surface area contributed by atoms with Crippen molar-refractivity contribution >= 4 is 17.7 Å². The number of ketones is 1. The molecule has 3 N–H and O–H groups in total. The Morgan fingerprint density at radius 2 is 1.25 bits per heavy atom. The highest BCUT2D eigenvalue weighted by molar-refractivity contribution is 5.90. The van der Waals surface area contributed by atoms with Crippen molar-refractivity contribution in [1.82, 2.24) is 9.80 Å². The van der Waals surface area contributed by atoms with E-state index in [0.29, 0.717) is 93.9 Å². The molecule has 60 heavy (non-hydrogen) atoms. The lowest BCUT2D eigenvalue weighted by atomic mass is 9.48. The van der Waals surface area contributed by atoms with Crippen LogP contribution in [0.3, 0.4) is 0 Å². The Morgan fingerprint density at radius 3 is 1.83 bits per heavy atom. The molecule has 2 saturated heterocycles. The van der Waals surface area contributed by atoms with Gasteiger partial charge in [-0.2, -0.15) is 0 Å². The lowest BCUT2D eigenvalue weighted by Gasteiger charge is -2.63. The first-order valence-electron chi connectivity index (χ1n) is 22.4. The van der Waals surface area contributed by atoms with Crippen LogP contribution < -0.4 is 18.9 Å². The fourth-order valence-corrected chi connectivity index (χ4v) is 13.5. The zero-order chi connectivity index (χ0) is 41.6. The second-order valence-corrected chi connectivity index (χ2v) is 18.8. The summed E-state index contributed by atoms with van der Waals surface area (Å²) in [5.41, 5.74) is 0.129. The summed E-state index contributed by atoms with van der Waals surface area (Å²) < 4.78 is 24.7. The van der Waals surface area contributed by atoms with E-state index in [1.807, 2.05) is 24.3 Å². The number of hydrogen-bond donors (Lipinski definition) is 3. The van der Waals surface area contributed by atoms with Crippen molar-refractivity contribution in [3.63, 3.8) is 0 Å². The maximum absolute atomic E-state index is 13.3. The quantitative estimate of drug-likeness (QED) is 0.0967. The van der Waals surface area contributed by atoms with E-state index in [0.717, 1.165) is 61.0 Å². The first kappa shape index (κ1) is 40.0. The monoisotopic (exact) mass is 822 g/mol. The molecule has 4 bridgehead atoms. The number of esters is 2. The van der Waals surface area contributed by atoms with Gasteiger partial charge in [0.2, 0.25) is 0 Å². The lowest BCUT2D eigenvalue weighted by Crippen LogP contribution is -2.77. The van der Waals surface area contributed by atoms with Crippen molar-refractivity contribution in [2.45, 2.75) is 155 Å². The number of carbonyl (C=O) groups excluding carboxylic acids is 3. The van der Waals surface area contributed by atoms with Crippen molar-refractivity contribution in [3.05, 3.63) is 71.8 Å². The van der Waals surface area contributed by atoms with Crippen LogP contribution in [0.5, 0.6) is 23.0 Å². The second-order valence-electron chi connectivity index (χ2n) is 18.8. The molecular formula is C48H58N2O10. The molecule has 0 aromatic heterocycles. The summed E-state index contributed by atoms with van der Waals surface area (Å²) >= 11 is 0. The summed E-state index contributed by atoms with van der Waals surface area (Å²) in [7, 11) is 0. The van der Waals surface area contributed by atoms with Crippen molar-refractivity contribution in [2.75, 3.05) is 26.2 Å². The third-order valence-electron chi connectivity index (χ3n) is 16.1. The molecule has 4 fully saturated rings. The van der Waals surface area contributed by atoms with Gasteiger partial charge in [-0.05, 0) is 87.6 Å². The molecule has 4 aliphatic carbocycles. The van der Waals surface area contributed by atoms with Gasteiger partial charge < -0.3 is 34.3 Å². The molecule has 2 aromatic rings. The second kappa shape index (κ2) is 14.8. The number of carbonyl (C=O) groups is 3. The fraction of sp³-hybridized carbons (Fsp3) is 0.604. The minimum absolute atomic E-state index is 0.00631. The predicted octanol–water partition coefficient (Wildman–Crippen LogP) is 4.93. The zero-order valence-corrected chi connectivity index (χ0v) is 34.5. The molecule has 4 aliphatic heterocycles. The van der Waals surface area contributed by atoms with Crippen LogP contribution in [0.15, 0.2) is 49.6 Å². The van der Waals surface area contributed by atoms with Gasteiger partial charge in [-0.3, -0.25) is 24.2 Å². The fourth-order valence-electron chi connectivity index (χ4n) is 13.5. The number of ether oxygens (including phenoxy) is 4. The smallest absolute Gasteiger partial charge is 0.311 e. The van der Waals surface area contributed by atoms with Crippen molar-refractivity contribution in [3.8, 4) is 23.0 Å². The largest absolute Gasteiger partial charge is 0.482 e. The topological polar surface area (TPSA) is 155 Å². The van der Waals surface area contributed by atoms with Crippen LogP contribution in [0, 0.1) is 0 Å². The highest BCUT2D eigenvalue weighted by Crippen LogP contribution is 2.67. The first-order valence-corrected chi connectivity index (χ1v) is 22.4. The number of aliphatic hydroxyl groups excluding tert-OH is 1. The lowest BCUT2D eigenvalue weighted by molar-refractivity contribution is -0.206. The van der Waals surface area contributed by atoms with Gasteiger partial charge in [-0.15, -0.1) is 13.2 Å². The molecule has 2 spiro atoms. The van der Waals surface area contributed by atoms with Crippen LogP contribution in [-0.4, -0.2) is 111 Å². The van der Waals surface area contributed by atoms with E-state index in [9.17, 15) is 29.7 Å². The van der Waals surface area contributed by atoms with E-state index < -0.39 is 40.3 Å². The molecule has 0 amide bonds. The van der Waals surface area contributed by atoms with Gasteiger partial charge in [0, 0.05) is 62.1 Å². The summed E-state index contributed by atoms with van der Waals surface area (Å²) in [4.78, 5) is 44.1. The van der Waals surface area contributed by atoms with Gasteiger partial charge in [0.15, 0.2) is 34.9 Å². The average molecular weight is 823 g/mol. The van der Waals surface area contributed by atoms with Crippen LogP contribution in [0.4, 0.5) is 0 Å². The molecule has 320 valence electrons. The maximum atomic E-state index is 13.3. The van der Waals surface area contributed by atoms with Crippen LogP contribution in [-0.2, 0) is 38.1 Å². The van der Waals surface area contributed by atoms with Crippen molar-refractivity contribution < 1.29 is 48.7 Å². The highest BCUT2D eigenvalue weighted by Gasteiger charge is 2.74. The molecule has 2 saturated carbocycles. The summed E-state index contributed by atoms with van der Waals surface area (Å²) in [5, 5.41) is 36.0. The molecule has 10 rings (SSSR count). The summed E-state index contributed by atoms with van der Waals surface area (Å²) in [6.45, 7) is 10.7. The van der Waals surface area contributed by atoms with Crippen molar-refractivity contribution in [1.29, 1.82) is 0 Å². The standard InChI is InChI=1S/C48H58N2O10/c1-3-23-49-25-21-45-39-29-13-15-33(41(39)59-43(45)31(51)17-19-47(45,55)35(49)27-29)57-37(53)11-9-7-5-6-8-10-12-38(54)58-34-16-14-30-28-36-48(56)20-18-32(52)44-46(48,40(30)42(34)60-44)22-26-50(36)24-4-2/h3-4,13-16,31,35-36,43-44,51,55-56H,1-2,5-12,17-28H2/t31?,35-,36-,43+,44+,45+,46+,47-,48-/m1/s1. The molecule has 9 atom stereocenters. The van der Waals surface area contributed by atoms with E-state index in [4.69, 9.17) is 18.9 Å². The van der Waals surface area contributed by atoms with Crippen LogP contribution >= 0.6 is 0 Å². The number of likely N-dealkylation sites (tertiary alicyclic amines) is 2. The van der Waals surface area contributed by atoms with Crippen LogP contribution in [0.25, 0.3) is 0 Å². The van der Waals surface area contributed by atoms with Gasteiger partial charge >= 0.3 is 11.9 Å². The molecule has 12 heteroatoms. The number of aliphatic hydroxyl groups is 3. The molecule has 0 radical (unpaired) electrons. The van der Waals surface area contributed by atoms with Gasteiger partial charge in [0.1, 0.15) is 6.10 Å². The normalized spacial score (nSPS) is 35.1. The number of rotatable bonds is 15. The Morgan fingerprint density at radius 1 is 0.733 bits per heavy atom. The Balaban J connectivity index is 0.705. The number of Topliss-reactive ketones (excluding diaryl/α,β-unsaturated/α-hetero) is 1. The van der Waals surface area contributed by atoms with E-state index in [2.05, 4.69) is 23.0 Å². The summed E-state index contributed by atoms with van der Waals surface area (Å²) in [5.74, 6) is 0.926. The minimum Gasteiger partial charge on any atom is -0.482 e. The van der Waals surface area contributed by atoms with Crippen LogP contribution in [0.2, 0.25) is 0 Å². The molecule has 2 aromatic carbocycles. The van der Waals surface area contributed by atoms with Gasteiger partial charge in [0.25, 0.3) is 0 Å². The third-order valence-corrected chi connectivity index (χ3v) is 16.1. The Bertz CT molecular complexity index is 2140. The molecule has 12 nitrogen and oxygen atoms in total. The summed E-state index contributed by atoms with van der Waals surface area (Å²) in [6.07, 6.45) is 11.1. The Labute approximate surface area is 351 Å². The SMILES string of the molecule is C=CCN1CC[C@]23c4c5ccc(OC(=O)CCCCCCCCC(=O)Oc6ccc7c8c6O[C@H]6C(O)CC[C@@]9(O)[C@@H](C7)N(CC=C)CC[C@]869)c4O[C@H]2C(=O)CC[C@@]3(O)[C@H]1C5. The number of benzene rings is 2. The van der Waals surface area contributed by atoms with E-state index in [1.54, 1.807) is 12.1 Å². The maximum Gasteiger partial charge on any atom is 0.311 e. The van der Waals surface area contributed by atoms with Crippen molar-refractivity contribution in [2.24, 2.45) is 0 Å². The van der Waals surface area contributed by atoms with Crippen LogP contribution in [0.1, 0.15) is 112 Å². The third kappa shape index (κ3) is 5.55. The van der Waals surface area contributed by atoms with E-state index in [-0.39, 0.29) is 49.1 Å². The number of nitrogens with zero attached hydrogens (tertiary/aromatic N) is 2. The average Bonchev–Trinajstić information content (AvgIpc) is 3.77. The van der Waals surface area contributed by atoms with E-state index >= 15 is 0 Å². The number of unbranched alkanes of at least 4 members (excludes halogenated alkanes) is 5. The molecule has 4 heterocycles. The highest BCUT2D eigenvalue weighted by atomic mass is 16.6. The van der Waals surface area contributed by atoms with E-state index in [1.165, 1.54) is 0 Å². The van der Waals surface area contributed by atoms with Gasteiger partial charge in [-0.25, -0.2) is 0 Å². The van der Waals surface area contributed by atoms with Gasteiger partial charge in [-0.1, -0.05) is 50.0 Å². The zero-order valence-electron chi connectivity index (χ0n) is 34.5. The Hall–Kier alpha value is -4.07. The minimum atomic E-state index is -1.12. The number of piperidine rings is 2. The molecular weight excluding hydrogens is 765 g/mol. The molecule has 8 aliphatic rings. The summed E-state index contributed by atoms with van der Waals surface area (Å²) in [6, 6.07) is 7.31. The Kier molecular flexibility index (Phi) is 9.87. The van der Waals surface area contributed by atoms with Gasteiger partial charge in [0.05, 0.1) is 28.1 Å².